The Labute approximate surface area is 114 Å². The van der Waals surface area contributed by atoms with Crippen LogP contribution in [-0.2, 0) is 14.3 Å². The van der Waals surface area contributed by atoms with Crippen molar-refractivity contribution < 1.29 is 24.2 Å². The molecule has 0 spiro atoms. The molecule has 2 N–H and O–H groups in total. The second kappa shape index (κ2) is 11.5. The summed E-state index contributed by atoms with van der Waals surface area (Å²) in [5, 5.41) is 10.3. The molecule has 0 aromatic carbocycles. The van der Waals surface area contributed by atoms with E-state index in [9.17, 15) is 9.59 Å². The van der Waals surface area contributed by atoms with Gasteiger partial charge in [0.05, 0.1) is 0 Å². The Morgan fingerprint density at radius 2 is 1.95 bits per heavy atom. The Morgan fingerprint density at radius 3 is 2.32 bits per heavy atom. The number of unbranched alkanes of at least 4 members (excludes halogenated alkanes) is 1. The van der Waals surface area contributed by atoms with Crippen molar-refractivity contribution in [3.63, 3.8) is 0 Å². The standard InChI is InChI=1S/C7H13NO4.C6H12O/c1-7(2,3)12-6(11)8-4-5(9)10;1-3-4-5-6-7-2/h4H2,1-3H3,(H,8,11)(H,9,10);3H,1,4-6H2,2H3. The quantitative estimate of drug-likeness (QED) is 0.573. The van der Waals surface area contributed by atoms with Crippen molar-refractivity contribution >= 4 is 12.1 Å². The van der Waals surface area contributed by atoms with Gasteiger partial charge in [0.15, 0.2) is 0 Å². The molecule has 0 aliphatic heterocycles. The molecule has 0 rings (SSSR count). The topological polar surface area (TPSA) is 84.9 Å². The van der Waals surface area contributed by atoms with E-state index in [0.717, 1.165) is 19.4 Å². The third-order valence-electron chi connectivity index (χ3n) is 1.54. The summed E-state index contributed by atoms with van der Waals surface area (Å²) in [4.78, 5) is 20.8. The van der Waals surface area contributed by atoms with Crippen molar-refractivity contribution in [2.24, 2.45) is 0 Å². The van der Waals surface area contributed by atoms with Crippen LogP contribution in [-0.4, -0.2) is 43.0 Å². The summed E-state index contributed by atoms with van der Waals surface area (Å²) in [5.74, 6) is -1.10. The predicted octanol–water partition coefficient (Wildman–Crippen LogP) is 2.19. The maximum absolute atomic E-state index is 10.8. The molecule has 0 saturated heterocycles. The molecular formula is C13H25NO5. The minimum absolute atomic E-state index is 0.422. The number of carboxylic acids is 1. The number of aliphatic carboxylic acids is 1. The monoisotopic (exact) mass is 275 g/mol. The zero-order chi connectivity index (χ0) is 15.3. The summed E-state index contributed by atoms with van der Waals surface area (Å²) in [6.45, 7) is 9.11. The van der Waals surface area contributed by atoms with Crippen molar-refractivity contribution in [1.29, 1.82) is 0 Å². The number of amides is 1. The van der Waals surface area contributed by atoms with Gasteiger partial charge < -0.3 is 19.9 Å². The highest BCUT2D eigenvalue weighted by Gasteiger charge is 2.15. The fourth-order valence-electron chi connectivity index (χ4n) is 0.834. The maximum Gasteiger partial charge on any atom is 0.408 e. The second-order valence-corrected chi connectivity index (χ2v) is 4.67. The lowest BCUT2D eigenvalue weighted by molar-refractivity contribution is -0.136. The maximum atomic E-state index is 10.8. The molecule has 0 heterocycles. The number of nitrogens with one attached hydrogen (secondary N) is 1. The average Bonchev–Trinajstić information content (AvgIpc) is 2.26. The summed E-state index contributed by atoms with van der Waals surface area (Å²) < 4.78 is 9.57. The summed E-state index contributed by atoms with van der Waals surface area (Å²) in [7, 11) is 1.71. The molecule has 0 aromatic rings. The van der Waals surface area contributed by atoms with Crippen LogP contribution in [0, 0.1) is 0 Å². The van der Waals surface area contributed by atoms with Crippen LogP contribution in [0.4, 0.5) is 4.79 Å². The zero-order valence-corrected chi connectivity index (χ0v) is 12.2. The summed E-state index contributed by atoms with van der Waals surface area (Å²) in [6.07, 6.45) is 3.34. The van der Waals surface area contributed by atoms with Crippen LogP contribution < -0.4 is 5.32 Å². The number of hydrogen-bond donors (Lipinski definition) is 2. The molecule has 6 nitrogen and oxygen atoms in total. The minimum atomic E-state index is -1.10. The SMILES string of the molecule is C=CCCCOC.CC(C)(C)OC(=O)NCC(=O)O. The van der Waals surface area contributed by atoms with E-state index in [-0.39, 0.29) is 0 Å². The zero-order valence-electron chi connectivity index (χ0n) is 12.2. The molecule has 6 heteroatoms. The smallest absolute Gasteiger partial charge is 0.408 e. The van der Waals surface area contributed by atoms with E-state index >= 15 is 0 Å². The fourth-order valence-corrected chi connectivity index (χ4v) is 0.834. The normalized spacial score (nSPS) is 9.89. The first-order valence-electron chi connectivity index (χ1n) is 6.01. The Hall–Kier alpha value is -1.56. The molecular weight excluding hydrogens is 250 g/mol. The molecule has 0 atom stereocenters. The Kier molecular flexibility index (Phi) is 12.0. The molecule has 0 saturated carbocycles. The van der Waals surface area contributed by atoms with Crippen LogP contribution >= 0.6 is 0 Å². The van der Waals surface area contributed by atoms with Crippen molar-refractivity contribution in [3.8, 4) is 0 Å². The molecule has 0 unspecified atom stereocenters. The van der Waals surface area contributed by atoms with Crippen LogP contribution in [0.15, 0.2) is 12.7 Å². The number of rotatable bonds is 6. The van der Waals surface area contributed by atoms with Crippen LogP contribution in [0.1, 0.15) is 33.6 Å². The van der Waals surface area contributed by atoms with Gasteiger partial charge in [0.25, 0.3) is 0 Å². The van der Waals surface area contributed by atoms with Gasteiger partial charge in [0.2, 0.25) is 0 Å². The van der Waals surface area contributed by atoms with Gasteiger partial charge in [-0.25, -0.2) is 4.79 Å². The molecule has 0 aromatic heterocycles. The molecule has 0 fully saturated rings. The van der Waals surface area contributed by atoms with E-state index in [4.69, 9.17) is 14.6 Å². The van der Waals surface area contributed by atoms with Gasteiger partial charge in [-0.05, 0) is 33.6 Å². The van der Waals surface area contributed by atoms with Crippen LogP contribution in [0.3, 0.4) is 0 Å². The number of carboxylic acid groups (broad SMARTS) is 1. The number of ether oxygens (including phenoxy) is 2. The lowest BCUT2D eigenvalue weighted by Crippen LogP contribution is -2.35. The van der Waals surface area contributed by atoms with Gasteiger partial charge in [0.1, 0.15) is 12.1 Å². The highest BCUT2D eigenvalue weighted by Crippen LogP contribution is 2.05. The number of allylic oxidation sites excluding steroid dienone is 1. The van der Waals surface area contributed by atoms with Crippen LogP contribution in [0.25, 0.3) is 0 Å². The van der Waals surface area contributed by atoms with Gasteiger partial charge in [0, 0.05) is 13.7 Å². The number of methoxy groups -OCH3 is 1. The second-order valence-electron chi connectivity index (χ2n) is 4.67. The van der Waals surface area contributed by atoms with E-state index in [2.05, 4.69) is 11.9 Å². The largest absolute Gasteiger partial charge is 0.480 e. The third-order valence-corrected chi connectivity index (χ3v) is 1.54. The van der Waals surface area contributed by atoms with Crippen molar-refractivity contribution in [2.45, 2.75) is 39.2 Å². The lowest BCUT2D eigenvalue weighted by atomic mass is 10.2. The summed E-state index contributed by atoms with van der Waals surface area (Å²) >= 11 is 0. The summed E-state index contributed by atoms with van der Waals surface area (Å²) in [6, 6.07) is 0. The number of carbonyl (C=O) groups excluding carboxylic acids is 1. The summed E-state index contributed by atoms with van der Waals surface area (Å²) in [5.41, 5.74) is -0.595. The van der Waals surface area contributed by atoms with E-state index in [0.29, 0.717) is 0 Å². The first kappa shape index (κ1) is 19.8. The number of carbonyl (C=O) groups is 2. The highest BCUT2D eigenvalue weighted by atomic mass is 16.6. The van der Waals surface area contributed by atoms with Crippen molar-refractivity contribution in [2.75, 3.05) is 20.3 Å². The van der Waals surface area contributed by atoms with Gasteiger partial charge in [-0.1, -0.05) is 6.08 Å². The highest BCUT2D eigenvalue weighted by molar-refractivity contribution is 5.76. The van der Waals surface area contributed by atoms with E-state index < -0.39 is 24.2 Å². The van der Waals surface area contributed by atoms with E-state index in [1.54, 1.807) is 27.9 Å². The molecule has 0 bridgehead atoms. The van der Waals surface area contributed by atoms with E-state index in [1.807, 2.05) is 6.08 Å². The minimum Gasteiger partial charge on any atom is -0.480 e. The molecule has 112 valence electrons. The van der Waals surface area contributed by atoms with Crippen molar-refractivity contribution in [1.82, 2.24) is 5.32 Å². The van der Waals surface area contributed by atoms with Gasteiger partial charge in [-0.15, -0.1) is 6.58 Å². The fraction of sp³-hybridized carbons (Fsp3) is 0.692. The molecule has 19 heavy (non-hydrogen) atoms. The molecule has 0 aliphatic rings. The van der Waals surface area contributed by atoms with Gasteiger partial charge in [-0.3, -0.25) is 4.79 Å². The van der Waals surface area contributed by atoms with Gasteiger partial charge >= 0.3 is 12.1 Å². The van der Waals surface area contributed by atoms with Crippen molar-refractivity contribution in [3.05, 3.63) is 12.7 Å². The first-order valence-corrected chi connectivity index (χ1v) is 6.01. The lowest BCUT2D eigenvalue weighted by Gasteiger charge is -2.19. The van der Waals surface area contributed by atoms with Gasteiger partial charge in [-0.2, -0.15) is 0 Å². The molecule has 1 amide bonds. The predicted molar refractivity (Wildman–Crippen MR) is 73.2 cm³/mol. The Bertz CT molecular complexity index is 271. The molecule has 0 radical (unpaired) electrons. The average molecular weight is 275 g/mol. The van der Waals surface area contributed by atoms with Crippen LogP contribution in [0.5, 0.6) is 0 Å². The van der Waals surface area contributed by atoms with Crippen LogP contribution in [0.2, 0.25) is 0 Å². The first-order chi connectivity index (χ1) is 8.72. The Morgan fingerprint density at radius 1 is 1.37 bits per heavy atom. The van der Waals surface area contributed by atoms with E-state index in [1.165, 1.54) is 0 Å². The Balaban J connectivity index is 0. The third kappa shape index (κ3) is 22.2. The number of hydrogen-bond acceptors (Lipinski definition) is 4. The molecule has 0 aliphatic carbocycles. The number of alkyl carbamates (subject to hydrolysis) is 1.